The highest BCUT2D eigenvalue weighted by Crippen LogP contribution is 2.31. The maximum Gasteiger partial charge on any atom is 0.119 e. The average Bonchev–Trinajstić information content (AvgIpc) is 2.14. The van der Waals surface area contributed by atoms with Crippen LogP contribution in [0, 0.1) is 5.92 Å². The van der Waals surface area contributed by atoms with Crippen LogP contribution >= 0.6 is 0 Å². The van der Waals surface area contributed by atoms with Crippen LogP contribution in [0.15, 0.2) is 18.2 Å². The lowest BCUT2D eigenvalue weighted by Gasteiger charge is -2.21. The first-order valence-corrected chi connectivity index (χ1v) is 6.13. The van der Waals surface area contributed by atoms with Gasteiger partial charge in [-0.1, -0.05) is 46.8 Å². The summed E-state index contributed by atoms with van der Waals surface area (Å²) in [5.41, 5.74) is 2.39. The normalized spacial score (nSPS) is 12.1. The fourth-order valence-corrected chi connectivity index (χ4v) is 1.79. The molecule has 0 saturated carbocycles. The first-order chi connectivity index (χ1) is 7.30. The van der Waals surface area contributed by atoms with E-state index in [4.69, 9.17) is 0 Å². The summed E-state index contributed by atoms with van der Waals surface area (Å²) < 4.78 is 0. The zero-order valence-electron chi connectivity index (χ0n) is 11.2. The molecule has 0 aromatic heterocycles. The second-order valence-electron chi connectivity index (χ2n) is 6.03. The van der Waals surface area contributed by atoms with Crippen molar-refractivity contribution in [3.8, 4) is 5.75 Å². The molecule has 1 heteroatoms. The molecule has 0 aliphatic carbocycles. The predicted molar refractivity (Wildman–Crippen MR) is 70.0 cm³/mol. The molecule has 1 aromatic rings. The number of aromatic hydroxyl groups is 1. The van der Waals surface area contributed by atoms with E-state index < -0.39 is 0 Å². The molecule has 0 spiro atoms. The summed E-state index contributed by atoms with van der Waals surface area (Å²) in [6, 6.07) is 6.01. The second kappa shape index (κ2) is 4.90. The van der Waals surface area contributed by atoms with Crippen molar-refractivity contribution in [1.29, 1.82) is 0 Å². The molecule has 0 heterocycles. The van der Waals surface area contributed by atoms with Gasteiger partial charge >= 0.3 is 0 Å². The van der Waals surface area contributed by atoms with Gasteiger partial charge in [-0.25, -0.2) is 0 Å². The number of aryl methyl sites for hydroxylation is 1. The first kappa shape index (κ1) is 13.1. The van der Waals surface area contributed by atoms with Crippen molar-refractivity contribution in [3.05, 3.63) is 29.3 Å². The largest absolute Gasteiger partial charge is 0.508 e. The third-order valence-electron chi connectivity index (χ3n) is 2.88. The topological polar surface area (TPSA) is 20.2 Å². The lowest BCUT2D eigenvalue weighted by Crippen LogP contribution is -2.11. The Balaban J connectivity index is 2.90. The number of phenols is 1. The molecule has 0 saturated heterocycles. The van der Waals surface area contributed by atoms with E-state index in [-0.39, 0.29) is 5.41 Å². The van der Waals surface area contributed by atoms with E-state index in [9.17, 15) is 5.11 Å². The van der Waals surface area contributed by atoms with E-state index >= 15 is 0 Å². The van der Waals surface area contributed by atoms with Gasteiger partial charge in [0.2, 0.25) is 0 Å². The minimum atomic E-state index is 0.0118. The van der Waals surface area contributed by atoms with E-state index in [1.54, 1.807) is 0 Å². The maximum atomic E-state index is 9.85. The molecule has 0 bridgehead atoms. The van der Waals surface area contributed by atoms with Gasteiger partial charge < -0.3 is 5.11 Å². The van der Waals surface area contributed by atoms with E-state index in [0.717, 1.165) is 17.9 Å². The molecule has 90 valence electrons. The van der Waals surface area contributed by atoms with Crippen LogP contribution in [0.1, 0.15) is 52.2 Å². The molecule has 0 aliphatic rings. The first-order valence-electron chi connectivity index (χ1n) is 6.13. The Morgan fingerprint density at radius 1 is 1.19 bits per heavy atom. The Morgan fingerprint density at radius 2 is 1.81 bits per heavy atom. The van der Waals surface area contributed by atoms with Gasteiger partial charge in [0.15, 0.2) is 0 Å². The fraction of sp³-hybridized carbons (Fsp3) is 0.600. The van der Waals surface area contributed by atoms with Crippen LogP contribution in [0.5, 0.6) is 5.75 Å². The lowest BCUT2D eigenvalue weighted by molar-refractivity contribution is 0.446. The third-order valence-corrected chi connectivity index (χ3v) is 2.88. The van der Waals surface area contributed by atoms with Crippen molar-refractivity contribution < 1.29 is 5.11 Å². The van der Waals surface area contributed by atoms with E-state index in [1.165, 1.54) is 12.0 Å². The number of hydrogen-bond donors (Lipinski definition) is 1. The van der Waals surface area contributed by atoms with Gasteiger partial charge in [0, 0.05) is 0 Å². The van der Waals surface area contributed by atoms with Crippen molar-refractivity contribution in [1.82, 2.24) is 0 Å². The van der Waals surface area contributed by atoms with Gasteiger partial charge in [-0.15, -0.1) is 0 Å². The smallest absolute Gasteiger partial charge is 0.119 e. The molecule has 0 atom stereocenters. The summed E-state index contributed by atoms with van der Waals surface area (Å²) in [6.45, 7) is 10.9. The van der Waals surface area contributed by atoms with Crippen molar-refractivity contribution in [2.24, 2.45) is 5.92 Å². The van der Waals surface area contributed by atoms with Gasteiger partial charge in [-0.05, 0) is 41.4 Å². The Morgan fingerprint density at radius 3 is 2.31 bits per heavy atom. The molecule has 16 heavy (non-hydrogen) atoms. The van der Waals surface area contributed by atoms with Gasteiger partial charge in [0.25, 0.3) is 0 Å². The van der Waals surface area contributed by atoms with Crippen molar-refractivity contribution >= 4 is 0 Å². The van der Waals surface area contributed by atoms with Crippen molar-refractivity contribution in [2.75, 3.05) is 0 Å². The molecule has 1 rings (SSSR count). The maximum absolute atomic E-state index is 9.85. The standard InChI is InChI=1S/C15H24O/c1-11(2)6-7-12-8-9-14(16)13(10-12)15(3,4)5/h8-11,16H,6-7H2,1-5H3. The van der Waals surface area contributed by atoms with E-state index in [0.29, 0.717) is 5.75 Å². The summed E-state index contributed by atoms with van der Waals surface area (Å²) >= 11 is 0. The molecular weight excluding hydrogens is 196 g/mol. The fourth-order valence-electron chi connectivity index (χ4n) is 1.79. The number of benzene rings is 1. The quantitative estimate of drug-likeness (QED) is 0.806. The minimum Gasteiger partial charge on any atom is -0.508 e. The average molecular weight is 220 g/mol. The molecule has 1 nitrogen and oxygen atoms in total. The zero-order chi connectivity index (χ0) is 12.3. The lowest BCUT2D eigenvalue weighted by atomic mass is 9.85. The van der Waals surface area contributed by atoms with Crippen LogP contribution in [0.25, 0.3) is 0 Å². The number of rotatable bonds is 3. The van der Waals surface area contributed by atoms with Gasteiger partial charge in [0.05, 0.1) is 0 Å². The van der Waals surface area contributed by atoms with Crippen molar-refractivity contribution in [2.45, 2.75) is 52.9 Å². The number of hydrogen-bond acceptors (Lipinski definition) is 1. The Kier molecular flexibility index (Phi) is 4.01. The SMILES string of the molecule is CC(C)CCc1ccc(O)c(C(C)(C)C)c1. The predicted octanol–water partition coefficient (Wildman–Crippen LogP) is 4.28. The molecule has 0 unspecified atom stereocenters. The molecule has 0 amide bonds. The minimum absolute atomic E-state index is 0.0118. The van der Waals surface area contributed by atoms with Gasteiger partial charge in [-0.2, -0.15) is 0 Å². The highest BCUT2D eigenvalue weighted by atomic mass is 16.3. The molecule has 1 N–H and O–H groups in total. The van der Waals surface area contributed by atoms with E-state index in [1.807, 2.05) is 12.1 Å². The van der Waals surface area contributed by atoms with Crippen molar-refractivity contribution in [3.63, 3.8) is 0 Å². The Labute approximate surface area is 99.5 Å². The third kappa shape index (κ3) is 3.55. The highest BCUT2D eigenvalue weighted by Gasteiger charge is 2.18. The second-order valence-corrected chi connectivity index (χ2v) is 6.03. The van der Waals surface area contributed by atoms with Crippen LogP contribution in [-0.4, -0.2) is 5.11 Å². The summed E-state index contributed by atoms with van der Waals surface area (Å²) in [4.78, 5) is 0. The van der Waals surface area contributed by atoms with Crippen LogP contribution < -0.4 is 0 Å². The molecule has 1 aromatic carbocycles. The molecule has 0 fully saturated rings. The van der Waals surface area contributed by atoms with Gasteiger partial charge in [-0.3, -0.25) is 0 Å². The molecule has 0 aliphatic heterocycles. The Bertz CT molecular complexity index is 345. The molecular formula is C15H24O. The van der Waals surface area contributed by atoms with E-state index in [2.05, 4.69) is 40.7 Å². The summed E-state index contributed by atoms with van der Waals surface area (Å²) in [5.74, 6) is 1.15. The van der Waals surface area contributed by atoms with Crippen LogP contribution in [0.4, 0.5) is 0 Å². The number of phenolic OH excluding ortho intramolecular Hbond substituents is 1. The van der Waals surface area contributed by atoms with Crippen LogP contribution in [-0.2, 0) is 11.8 Å². The molecule has 0 radical (unpaired) electrons. The van der Waals surface area contributed by atoms with Gasteiger partial charge in [0.1, 0.15) is 5.75 Å². The zero-order valence-corrected chi connectivity index (χ0v) is 11.2. The monoisotopic (exact) mass is 220 g/mol. The summed E-state index contributed by atoms with van der Waals surface area (Å²) in [5, 5.41) is 9.85. The van der Waals surface area contributed by atoms with Crippen LogP contribution in [0.2, 0.25) is 0 Å². The summed E-state index contributed by atoms with van der Waals surface area (Å²) in [7, 11) is 0. The summed E-state index contributed by atoms with van der Waals surface area (Å²) in [6.07, 6.45) is 2.30. The Hall–Kier alpha value is -0.980. The van der Waals surface area contributed by atoms with Crippen LogP contribution in [0.3, 0.4) is 0 Å². The highest BCUT2D eigenvalue weighted by molar-refractivity contribution is 5.40.